The van der Waals surface area contributed by atoms with Crippen molar-refractivity contribution in [2.75, 3.05) is 10.6 Å². The van der Waals surface area contributed by atoms with Crippen LogP contribution >= 0.6 is 23.8 Å². The minimum absolute atomic E-state index is 0.181. The molecule has 1 heterocycles. The molecule has 0 bridgehead atoms. The molecule has 2 aromatic carbocycles. The van der Waals surface area contributed by atoms with E-state index in [9.17, 15) is 8.78 Å². The second-order valence-electron chi connectivity index (χ2n) is 5.16. The number of rotatable bonds is 4. The molecule has 128 valence electrons. The van der Waals surface area contributed by atoms with Crippen LogP contribution in [0.25, 0.3) is 0 Å². The normalized spacial score (nSPS) is 10.5. The Labute approximate surface area is 153 Å². The Morgan fingerprint density at radius 3 is 2.56 bits per heavy atom. The van der Waals surface area contributed by atoms with Gasteiger partial charge in [0.15, 0.2) is 10.9 Å². The molecule has 8 heteroatoms. The second-order valence-corrected chi connectivity index (χ2v) is 5.97. The lowest BCUT2D eigenvalue weighted by molar-refractivity contribution is 0.586. The summed E-state index contributed by atoms with van der Waals surface area (Å²) >= 11 is 11.2. The molecule has 0 saturated carbocycles. The number of halogens is 3. The smallest absolute Gasteiger partial charge is 0.176 e. The van der Waals surface area contributed by atoms with Gasteiger partial charge in [0.05, 0.1) is 12.2 Å². The van der Waals surface area contributed by atoms with Gasteiger partial charge in [0.25, 0.3) is 0 Å². The minimum Gasteiger partial charge on any atom is -0.330 e. The zero-order valence-electron chi connectivity index (χ0n) is 12.8. The molecule has 25 heavy (non-hydrogen) atoms. The first kappa shape index (κ1) is 17.3. The van der Waals surface area contributed by atoms with Crippen LogP contribution in [0.1, 0.15) is 5.56 Å². The predicted octanol–water partition coefficient (Wildman–Crippen LogP) is 4.67. The number of aromatic nitrogens is 2. The van der Waals surface area contributed by atoms with Crippen molar-refractivity contribution in [2.24, 2.45) is 0 Å². The topological polar surface area (TPSA) is 41.9 Å². The highest BCUT2D eigenvalue weighted by atomic mass is 35.5. The number of thiocarbonyl (C=S) groups is 1. The highest BCUT2D eigenvalue weighted by Gasteiger charge is 2.09. The molecule has 0 saturated heterocycles. The summed E-state index contributed by atoms with van der Waals surface area (Å²) in [6, 6.07) is 12.4. The van der Waals surface area contributed by atoms with Crippen molar-refractivity contribution in [1.29, 1.82) is 0 Å². The van der Waals surface area contributed by atoms with Gasteiger partial charge in [-0.15, -0.1) is 0 Å². The minimum atomic E-state index is -0.411. The van der Waals surface area contributed by atoms with E-state index in [1.165, 1.54) is 16.8 Å². The predicted molar refractivity (Wildman–Crippen MR) is 99.0 cm³/mol. The van der Waals surface area contributed by atoms with Crippen LogP contribution in [-0.2, 0) is 6.54 Å². The van der Waals surface area contributed by atoms with Crippen molar-refractivity contribution < 1.29 is 8.78 Å². The van der Waals surface area contributed by atoms with Gasteiger partial charge in [0.1, 0.15) is 11.6 Å². The number of nitrogens with one attached hydrogen (secondary N) is 2. The molecule has 0 aliphatic heterocycles. The van der Waals surface area contributed by atoms with Crippen LogP contribution in [0.15, 0.2) is 54.7 Å². The van der Waals surface area contributed by atoms with Crippen LogP contribution in [0.5, 0.6) is 0 Å². The quantitative estimate of drug-likeness (QED) is 0.647. The van der Waals surface area contributed by atoms with E-state index in [4.69, 9.17) is 23.8 Å². The lowest BCUT2D eigenvalue weighted by atomic mass is 10.2. The molecule has 0 amide bonds. The Morgan fingerprint density at radius 2 is 1.80 bits per heavy atom. The number of benzene rings is 2. The average molecular weight is 379 g/mol. The fourth-order valence-electron chi connectivity index (χ4n) is 2.19. The van der Waals surface area contributed by atoms with Gasteiger partial charge in [-0.25, -0.2) is 8.78 Å². The third kappa shape index (κ3) is 4.32. The van der Waals surface area contributed by atoms with Crippen molar-refractivity contribution in [1.82, 2.24) is 9.78 Å². The lowest BCUT2D eigenvalue weighted by Gasteiger charge is -2.09. The molecular formula is C17H13ClF2N4S. The van der Waals surface area contributed by atoms with Crippen molar-refractivity contribution in [3.8, 4) is 0 Å². The molecule has 0 spiro atoms. The molecular weight excluding hydrogens is 366 g/mol. The van der Waals surface area contributed by atoms with Gasteiger partial charge in [-0.3, -0.25) is 4.68 Å². The molecule has 0 aliphatic rings. The molecule has 0 unspecified atom stereocenters. The summed E-state index contributed by atoms with van der Waals surface area (Å²) in [5.74, 6) is -0.359. The highest BCUT2D eigenvalue weighted by molar-refractivity contribution is 7.80. The number of hydrogen-bond acceptors (Lipinski definition) is 2. The summed E-state index contributed by atoms with van der Waals surface area (Å²) in [5.41, 5.74) is 0.614. The van der Waals surface area contributed by atoms with E-state index < -0.39 is 11.6 Å². The van der Waals surface area contributed by atoms with Gasteiger partial charge in [-0.1, -0.05) is 29.8 Å². The second kappa shape index (κ2) is 7.58. The van der Waals surface area contributed by atoms with E-state index in [1.54, 1.807) is 42.6 Å². The van der Waals surface area contributed by atoms with E-state index in [-0.39, 0.29) is 17.3 Å². The van der Waals surface area contributed by atoms with Crippen molar-refractivity contribution in [2.45, 2.75) is 6.54 Å². The third-order valence-corrected chi connectivity index (χ3v) is 3.94. The van der Waals surface area contributed by atoms with Gasteiger partial charge in [0, 0.05) is 22.8 Å². The first-order valence-corrected chi connectivity index (χ1v) is 8.10. The zero-order valence-corrected chi connectivity index (χ0v) is 14.4. The summed E-state index contributed by atoms with van der Waals surface area (Å²) in [6.45, 7) is 0.181. The first-order valence-electron chi connectivity index (χ1n) is 7.32. The Hall–Kier alpha value is -2.51. The summed E-state index contributed by atoms with van der Waals surface area (Å²) in [4.78, 5) is 0. The van der Waals surface area contributed by atoms with Gasteiger partial charge in [-0.2, -0.15) is 5.10 Å². The lowest BCUT2D eigenvalue weighted by Crippen LogP contribution is -2.20. The van der Waals surface area contributed by atoms with Crippen LogP contribution in [0.2, 0.25) is 5.02 Å². The van der Waals surface area contributed by atoms with Crippen LogP contribution in [0.3, 0.4) is 0 Å². The summed E-state index contributed by atoms with van der Waals surface area (Å²) in [7, 11) is 0. The van der Waals surface area contributed by atoms with E-state index in [0.29, 0.717) is 16.4 Å². The summed E-state index contributed by atoms with van der Waals surface area (Å²) in [6.07, 6.45) is 1.66. The molecule has 3 aromatic rings. The van der Waals surface area contributed by atoms with E-state index in [1.807, 2.05) is 0 Å². The van der Waals surface area contributed by atoms with Crippen LogP contribution in [0, 0.1) is 11.6 Å². The van der Waals surface area contributed by atoms with Crippen LogP contribution < -0.4 is 10.6 Å². The maximum atomic E-state index is 13.8. The number of nitrogens with zero attached hydrogens (tertiary/aromatic N) is 2. The first-order chi connectivity index (χ1) is 12.0. The van der Waals surface area contributed by atoms with Gasteiger partial charge in [0.2, 0.25) is 0 Å². The molecule has 0 aliphatic carbocycles. The average Bonchev–Trinajstić information content (AvgIpc) is 3.00. The molecule has 2 N–H and O–H groups in total. The number of hydrogen-bond donors (Lipinski definition) is 2. The monoisotopic (exact) mass is 378 g/mol. The molecule has 1 aromatic heterocycles. The number of anilines is 2. The fraction of sp³-hybridized carbons (Fsp3) is 0.0588. The number of para-hydroxylation sites is 1. The highest BCUT2D eigenvalue weighted by Crippen LogP contribution is 2.20. The maximum Gasteiger partial charge on any atom is 0.176 e. The van der Waals surface area contributed by atoms with Gasteiger partial charge < -0.3 is 10.6 Å². The molecule has 0 fully saturated rings. The van der Waals surface area contributed by atoms with E-state index >= 15 is 0 Å². The van der Waals surface area contributed by atoms with Crippen molar-refractivity contribution in [3.63, 3.8) is 0 Å². The Morgan fingerprint density at radius 1 is 1.04 bits per heavy atom. The fourth-order valence-corrected chi connectivity index (χ4v) is 2.63. The standard InChI is InChI=1S/C17H13ClF2N4S/c18-12-4-3-6-13(19)11(12)10-24-9-8-16(23-24)22-17(25)21-15-7-2-1-5-14(15)20/h1-9H,10H2,(H2,21,22,23,25). The van der Waals surface area contributed by atoms with Gasteiger partial charge in [-0.05, 0) is 36.5 Å². The van der Waals surface area contributed by atoms with Crippen LogP contribution in [0.4, 0.5) is 20.3 Å². The third-order valence-electron chi connectivity index (χ3n) is 3.39. The Balaban J connectivity index is 1.66. The molecule has 3 rings (SSSR count). The van der Waals surface area contributed by atoms with E-state index in [0.717, 1.165) is 0 Å². The van der Waals surface area contributed by atoms with Crippen molar-refractivity contribution in [3.05, 3.63) is 76.9 Å². The van der Waals surface area contributed by atoms with Crippen molar-refractivity contribution >= 4 is 40.4 Å². The zero-order chi connectivity index (χ0) is 17.8. The van der Waals surface area contributed by atoms with Crippen LogP contribution in [-0.4, -0.2) is 14.9 Å². The SMILES string of the molecule is Fc1ccccc1NC(=S)Nc1ccn(Cc2c(F)cccc2Cl)n1. The van der Waals surface area contributed by atoms with E-state index in [2.05, 4.69) is 15.7 Å². The molecule has 0 atom stereocenters. The largest absolute Gasteiger partial charge is 0.330 e. The maximum absolute atomic E-state index is 13.8. The Bertz CT molecular complexity index is 893. The van der Waals surface area contributed by atoms with Gasteiger partial charge >= 0.3 is 0 Å². The molecule has 0 radical (unpaired) electrons. The summed E-state index contributed by atoms with van der Waals surface area (Å²) < 4.78 is 28.9. The molecule has 4 nitrogen and oxygen atoms in total. The summed E-state index contributed by atoms with van der Waals surface area (Å²) in [5, 5.41) is 10.4. The Kier molecular flexibility index (Phi) is 5.25.